The average molecular weight is 356 g/mol. The number of aryl methyl sites for hydroxylation is 2. The molecule has 0 aromatic carbocycles. The van der Waals surface area contributed by atoms with Gasteiger partial charge in [-0.15, -0.1) is 0 Å². The van der Waals surface area contributed by atoms with E-state index in [4.69, 9.17) is 4.74 Å². The van der Waals surface area contributed by atoms with Crippen LogP contribution in [0.1, 0.15) is 30.8 Å². The molecule has 1 fully saturated rings. The number of nitrogens with zero attached hydrogens (tertiary/aromatic N) is 4. The Labute approximate surface area is 152 Å². The van der Waals surface area contributed by atoms with Gasteiger partial charge in [0.15, 0.2) is 0 Å². The first-order valence-electron chi connectivity index (χ1n) is 9.07. The van der Waals surface area contributed by atoms with Crippen LogP contribution in [-0.2, 0) is 17.8 Å². The summed E-state index contributed by atoms with van der Waals surface area (Å²) >= 11 is 0. The van der Waals surface area contributed by atoms with Gasteiger partial charge in [-0.25, -0.2) is 9.97 Å². The molecule has 1 atom stereocenters. The maximum atomic E-state index is 12.6. The highest BCUT2D eigenvalue weighted by Crippen LogP contribution is 2.25. The Kier molecular flexibility index (Phi) is 4.48. The second-order valence-corrected chi connectivity index (χ2v) is 7.13. The minimum absolute atomic E-state index is 0.0322. The Morgan fingerprint density at radius 2 is 2.15 bits per heavy atom. The number of imidazole rings is 1. The lowest BCUT2D eigenvalue weighted by Gasteiger charge is -2.37. The van der Waals surface area contributed by atoms with Crippen LogP contribution in [-0.4, -0.2) is 44.6 Å². The van der Waals surface area contributed by atoms with Gasteiger partial charge >= 0.3 is 0 Å². The lowest BCUT2D eigenvalue weighted by molar-refractivity contribution is -0.127. The first-order chi connectivity index (χ1) is 12.6. The highest BCUT2D eigenvalue weighted by Gasteiger charge is 2.33. The first kappa shape index (κ1) is 16.8. The van der Waals surface area contributed by atoms with Gasteiger partial charge in [-0.3, -0.25) is 4.79 Å². The van der Waals surface area contributed by atoms with E-state index < -0.39 is 0 Å². The lowest BCUT2D eigenvalue weighted by atomic mass is 9.86. The van der Waals surface area contributed by atoms with E-state index in [0.29, 0.717) is 11.8 Å². The summed E-state index contributed by atoms with van der Waals surface area (Å²) in [7, 11) is 1.58. The molecule has 26 heavy (non-hydrogen) atoms. The molecule has 1 aliphatic heterocycles. The summed E-state index contributed by atoms with van der Waals surface area (Å²) in [6, 6.07) is 2.21. The number of amides is 1. The Balaban J connectivity index is 1.24. The van der Waals surface area contributed by atoms with E-state index in [0.717, 1.165) is 43.7 Å². The summed E-state index contributed by atoms with van der Waals surface area (Å²) in [6.07, 6.45) is 7.21. The normalized spacial score (nSPS) is 24.3. The lowest BCUT2D eigenvalue weighted by Crippen LogP contribution is -2.52. The molecule has 0 bridgehead atoms. The quantitative estimate of drug-likeness (QED) is 0.839. The standard InChI is InChI=1S/C18H24N6O2/c1-11-9-24-10-12(3-4-15(24)20-11)17(25)21-13-7-14(8-13)22-18-19-6-5-16(23-18)26-2/h5-6,9,12-14H,3-4,7-8,10H2,1-2H3,(H,21,25)(H,19,22,23). The molecular formula is C18H24N6O2. The maximum absolute atomic E-state index is 12.6. The van der Waals surface area contributed by atoms with Crippen molar-refractivity contribution in [3.05, 3.63) is 30.0 Å². The van der Waals surface area contributed by atoms with Crippen molar-refractivity contribution in [1.82, 2.24) is 24.8 Å². The average Bonchev–Trinajstić information content (AvgIpc) is 2.99. The van der Waals surface area contributed by atoms with Gasteiger partial charge in [-0.05, 0) is 26.2 Å². The molecule has 3 heterocycles. The van der Waals surface area contributed by atoms with Crippen molar-refractivity contribution in [2.24, 2.45) is 5.92 Å². The van der Waals surface area contributed by atoms with E-state index in [2.05, 4.69) is 30.2 Å². The van der Waals surface area contributed by atoms with Gasteiger partial charge < -0.3 is 19.9 Å². The van der Waals surface area contributed by atoms with E-state index in [1.807, 2.05) is 13.1 Å². The molecule has 2 aromatic heterocycles. The molecule has 138 valence electrons. The Hall–Kier alpha value is -2.64. The van der Waals surface area contributed by atoms with E-state index in [1.165, 1.54) is 0 Å². The molecule has 2 N–H and O–H groups in total. The molecule has 4 rings (SSSR count). The van der Waals surface area contributed by atoms with Gasteiger partial charge in [0.1, 0.15) is 5.82 Å². The third-order valence-corrected chi connectivity index (χ3v) is 5.14. The topological polar surface area (TPSA) is 94.0 Å². The number of aromatic nitrogens is 4. The van der Waals surface area contributed by atoms with Crippen LogP contribution in [0, 0.1) is 12.8 Å². The predicted octanol–water partition coefficient (Wildman–Crippen LogP) is 1.31. The summed E-state index contributed by atoms with van der Waals surface area (Å²) in [5.74, 6) is 2.39. The van der Waals surface area contributed by atoms with Crippen LogP contribution in [0.5, 0.6) is 5.88 Å². The molecule has 1 aliphatic carbocycles. The summed E-state index contributed by atoms with van der Waals surface area (Å²) in [4.78, 5) is 25.5. The van der Waals surface area contributed by atoms with Gasteiger partial charge in [0.05, 0.1) is 18.7 Å². The fourth-order valence-electron chi connectivity index (χ4n) is 3.68. The third-order valence-electron chi connectivity index (χ3n) is 5.14. The molecule has 8 heteroatoms. The maximum Gasteiger partial charge on any atom is 0.226 e. The van der Waals surface area contributed by atoms with Crippen LogP contribution in [0.25, 0.3) is 0 Å². The zero-order chi connectivity index (χ0) is 18.1. The van der Waals surface area contributed by atoms with Crippen LogP contribution < -0.4 is 15.4 Å². The van der Waals surface area contributed by atoms with Crippen LogP contribution >= 0.6 is 0 Å². The second-order valence-electron chi connectivity index (χ2n) is 7.13. The Bertz CT molecular complexity index is 799. The number of carbonyl (C=O) groups is 1. The number of carbonyl (C=O) groups excluding carboxylic acids is 1. The third kappa shape index (κ3) is 3.49. The van der Waals surface area contributed by atoms with Crippen molar-refractivity contribution >= 4 is 11.9 Å². The van der Waals surface area contributed by atoms with Crippen LogP contribution in [0.3, 0.4) is 0 Å². The van der Waals surface area contributed by atoms with Crippen LogP contribution in [0.15, 0.2) is 18.5 Å². The molecular weight excluding hydrogens is 332 g/mol. The number of rotatable bonds is 5. The molecule has 2 aliphatic rings. The van der Waals surface area contributed by atoms with Crippen molar-refractivity contribution in [1.29, 1.82) is 0 Å². The van der Waals surface area contributed by atoms with E-state index in [-0.39, 0.29) is 23.9 Å². The first-order valence-corrected chi connectivity index (χ1v) is 9.07. The number of anilines is 1. The monoisotopic (exact) mass is 356 g/mol. The fourth-order valence-corrected chi connectivity index (χ4v) is 3.68. The van der Waals surface area contributed by atoms with Crippen molar-refractivity contribution in [3.8, 4) is 5.88 Å². The van der Waals surface area contributed by atoms with Crippen LogP contribution in [0.4, 0.5) is 5.95 Å². The van der Waals surface area contributed by atoms with Gasteiger partial charge in [0, 0.05) is 43.5 Å². The van der Waals surface area contributed by atoms with Gasteiger partial charge in [0.25, 0.3) is 0 Å². The largest absolute Gasteiger partial charge is 0.481 e. The number of hydrogen-bond donors (Lipinski definition) is 2. The molecule has 1 amide bonds. The molecule has 8 nitrogen and oxygen atoms in total. The number of nitrogens with one attached hydrogen (secondary N) is 2. The number of hydrogen-bond acceptors (Lipinski definition) is 6. The molecule has 1 unspecified atom stereocenters. The fraction of sp³-hybridized carbons (Fsp3) is 0.556. The van der Waals surface area contributed by atoms with E-state index >= 15 is 0 Å². The van der Waals surface area contributed by atoms with Crippen molar-refractivity contribution in [2.45, 2.75) is 51.2 Å². The van der Waals surface area contributed by atoms with Gasteiger partial charge in [-0.2, -0.15) is 4.98 Å². The summed E-state index contributed by atoms with van der Waals surface area (Å²) in [5.41, 5.74) is 1.02. The summed E-state index contributed by atoms with van der Waals surface area (Å²) < 4.78 is 7.22. The van der Waals surface area contributed by atoms with E-state index in [9.17, 15) is 4.79 Å². The molecule has 1 saturated carbocycles. The predicted molar refractivity (Wildman–Crippen MR) is 95.9 cm³/mol. The van der Waals surface area contributed by atoms with Gasteiger partial charge in [0.2, 0.25) is 17.7 Å². The summed E-state index contributed by atoms with van der Waals surface area (Å²) in [6.45, 7) is 2.72. The molecule has 2 aromatic rings. The smallest absolute Gasteiger partial charge is 0.226 e. The van der Waals surface area contributed by atoms with E-state index in [1.54, 1.807) is 19.4 Å². The Morgan fingerprint density at radius 1 is 1.31 bits per heavy atom. The highest BCUT2D eigenvalue weighted by molar-refractivity contribution is 5.79. The van der Waals surface area contributed by atoms with Gasteiger partial charge in [-0.1, -0.05) is 0 Å². The molecule has 0 spiro atoms. The number of methoxy groups -OCH3 is 1. The second kappa shape index (κ2) is 6.93. The van der Waals surface area contributed by atoms with Crippen LogP contribution in [0.2, 0.25) is 0 Å². The molecule has 0 radical (unpaired) electrons. The minimum Gasteiger partial charge on any atom is -0.481 e. The highest BCUT2D eigenvalue weighted by atomic mass is 16.5. The summed E-state index contributed by atoms with van der Waals surface area (Å²) in [5, 5.41) is 6.47. The zero-order valence-corrected chi connectivity index (χ0v) is 15.1. The number of ether oxygens (including phenoxy) is 1. The zero-order valence-electron chi connectivity index (χ0n) is 15.1. The van der Waals surface area contributed by atoms with Crippen molar-refractivity contribution < 1.29 is 9.53 Å². The minimum atomic E-state index is 0.0322. The SMILES string of the molecule is COc1ccnc(NC2CC(NC(=O)C3CCc4nc(C)cn4C3)C2)n1. The van der Waals surface area contributed by atoms with Crippen molar-refractivity contribution in [3.63, 3.8) is 0 Å². The molecule has 0 saturated heterocycles. The Morgan fingerprint density at radius 3 is 2.96 bits per heavy atom. The number of fused-ring (bicyclic) bond motifs is 1. The van der Waals surface area contributed by atoms with Crippen molar-refractivity contribution in [2.75, 3.05) is 12.4 Å².